The molecule has 2 heterocycles. The van der Waals surface area contributed by atoms with Crippen molar-refractivity contribution in [1.29, 1.82) is 0 Å². The molecule has 2 saturated heterocycles. The minimum atomic E-state index is -3.52. The van der Waals surface area contributed by atoms with Crippen LogP contribution in [0.15, 0.2) is 29.2 Å². The molecule has 1 aromatic carbocycles. The number of hydrogen-bond acceptors (Lipinski definition) is 4. The monoisotopic (exact) mass is 379 g/mol. The Morgan fingerprint density at radius 3 is 2.15 bits per heavy atom. The third-order valence-electron chi connectivity index (χ3n) is 5.81. The van der Waals surface area contributed by atoms with Gasteiger partial charge in [0.2, 0.25) is 10.0 Å². The van der Waals surface area contributed by atoms with Gasteiger partial charge in [0.15, 0.2) is 0 Å². The quantitative estimate of drug-likeness (QED) is 0.866. The van der Waals surface area contributed by atoms with Crippen molar-refractivity contribution < 1.29 is 13.2 Å². The maximum absolute atomic E-state index is 12.8. The summed E-state index contributed by atoms with van der Waals surface area (Å²) < 4.78 is 26.4. The second-order valence-corrected chi connectivity index (χ2v) is 9.68. The number of sulfonamides is 1. The van der Waals surface area contributed by atoms with Crippen LogP contribution in [0.2, 0.25) is 0 Å². The van der Waals surface area contributed by atoms with Gasteiger partial charge < -0.3 is 10.2 Å². The van der Waals surface area contributed by atoms with E-state index < -0.39 is 10.0 Å². The molecule has 3 rings (SSSR count). The van der Waals surface area contributed by atoms with Gasteiger partial charge >= 0.3 is 0 Å². The van der Waals surface area contributed by atoms with E-state index in [-0.39, 0.29) is 16.8 Å². The molecule has 0 saturated carbocycles. The normalized spacial score (nSPS) is 24.0. The second-order valence-electron chi connectivity index (χ2n) is 7.69. The van der Waals surface area contributed by atoms with Crippen LogP contribution in [0.1, 0.15) is 37.0 Å². The molecule has 0 aliphatic carbocycles. The molecule has 0 radical (unpaired) electrons. The second kappa shape index (κ2) is 7.66. The maximum Gasteiger partial charge on any atom is 0.253 e. The lowest BCUT2D eigenvalue weighted by Crippen LogP contribution is -2.33. The number of benzene rings is 1. The molecule has 1 N–H and O–H groups in total. The molecule has 0 unspecified atom stereocenters. The summed E-state index contributed by atoms with van der Waals surface area (Å²) in [4.78, 5) is 15.0. The number of rotatable bonds is 4. The Morgan fingerprint density at radius 2 is 1.65 bits per heavy atom. The smallest absolute Gasteiger partial charge is 0.253 e. The molecule has 7 heteroatoms. The number of nitrogens with one attached hydrogen (secondary N) is 1. The molecule has 144 valence electrons. The summed E-state index contributed by atoms with van der Waals surface area (Å²) in [7, 11) is -1.95. The Morgan fingerprint density at radius 1 is 1.12 bits per heavy atom. The van der Waals surface area contributed by atoms with Crippen LogP contribution in [-0.4, -0.2) is 62.8 Å². The number of fused-ring (bicyclic) bond motifs is 1. The molecule has 0 bridgehead atoms. The van der Waals surface area contributed by atoms with Crippen molar-refractivity contribution >= 4 is 15.9 Å². The summed E-state index contributed by atoms with van der Waals surface area (Å²) in [6, 6.07) is 6.23. The van der Waals surface area contributed by atoms with Crippen LogP contribution in [0.25, 0.3) is 0 Å². The van der Waals surface area contributed by atoms with Crippen molar-refractivity contribution in [3.63, 3.8) is 0 Å². The van der Waals surface area contributed by atoms with Crippen LogP contribution in [0.4, 0.5) is 0 Å². The lowest BCUT2D eigenvalue weighted by molar-refractivity contribution is 0.0758. The summed E-state index contributed by atoms with van der Waals surface area (Å²) in [6.07, 6.45) is 2.07. The van der Waals surface area contributed by atoms with Crippen LogP contribution in [0, 0.1) is 11.8 Å². The SMILES string of the molecule is CC(C)N(C)S(=O)(=O)c1ccc(C(=O)N2CC[C@@H]3CNC[C@@H]3CC2)cc1. The zero-order chi connectivity index (χ0) is 18.9. The lowest BCUT2D eigenvalue weighted by atomic mass is 9.92. The van der Waals surface area contributed by atoms with E-state index in [1.807, 2.05) is 18.7 Å². The van der Waals surface area contributed by atoms with E-state index in [1.165, 1.54) is 16.4 Å². The Labute approximate surface area is 156 Å². The lowest BCUT2D eigenvalue weighted by Gasteiger charge is -2.22. The van der Waals surface area contributed by atoms with Gasteiger partial charge in [0, 0.05) is 31.7 Å². The highest BCUT2D eigenvalue weighted by Gasteiger charge is 2.32. The number of carbonyl (C=O) groups excluding carboxylic acids is 1. The molecule has 6 nitrogen and oxygen atoms in total. The molecule has 2 fully saturated rings. The highest BCUT2D eigenvalue weighted by Crippen LogP contribution is 2.28. The molecule has 26 heavy (non-hydrogen) atoms. The average Bonchev–Trinajstić information content (AvgIpc) is 2.99. The number of likely N-dealkylation sites (tertiary alicyclic amines) is 1. The van der Waals surface area contributed by atoms with E-state index >= 15 is 0 Å². The topological polar surface area (TPSA) is 69.7 Å². The van der Waals surface area contributed by atoms with Gasteiger partial charge in [-0.05, 0) is 75.9 Å². The van der Waals surface area contributed by atoms with Crippen LogP contribution < -0.4 is 5.32 Å². The molecule has 2 aliphatic rings. The highest BCUT2D eigenvalue weighted by atomic mass is 32.2. The van der Waals surface area contributed by atoms with E-state index in [4.69, 9.17) is 0 Å². The molecule has 1 amide bonds. The predicted octanol–water partition coefficient (Wildman–Crippen LogP) is 1.79. The van der Waals surface area contributed by atoms with Gasteiger partial charge in [-0.15, -0.1) is 0 Å². The maximum atomic E-state index is 12.8. The van der Waals surface area contributed by atoms with E-state index in [0.29, 0.717) is 17.4 Å². The summed E-state index contributed by atoms with van der Waals surface area (Å²) in [5.41, 5.74) is 0.557. The van der Waals surface area contributed by atoms with Crippen molar-refractivity contribution in [1.82, 2.24) is 14.5 Å². The van der Waals surface area contributed by atoms with Crippen LogP contribution in [0.3, 0.4) is 0 Å². The summed E-state index contributed by atoms with van der Waals surface area (Å²) in [5.74, 6) is 1.35. The largest absolute Gasteiger partial charge is 0.339 e. The minimum Gasteiger partial charge on any atom is -0.339 e. The van der Waals surface area contributed by atoms with Gasteiger partial charge in [-0.1, -0.05) is 0 Å². The fourth-order valence-corrected chi connectivity index (χ4v) is 5.18. The van der Waals surface area contributed by atoms with Crippen molar-refractivity contribution in [3.05, 3.63) is 29.8 Å². The fraction of sp³-hybridized carbons (Fsp3) is 0.632. The Balaban J connectivity index is 1.71. The summed E-state index contributed by atoms with van der Waals surface area (Å²) in [6.45, 7) is 7.33. The molecule has 2 atom stereocenters. The van der Waals surface area contributed by atoms with Gasteiger partial charge in [0.1, 0.15) is 0 Å². The van der Waals surface area contributed by atoms with Crippen molar-refractivity contribution in [3.8, 4) is 0 Å². The van der Waals surface area contributed by atoms with Gasteiger partial charge in [0.25, 0.3) is 5.91 Å². The molecule has 2 aliphatic heterocycles. The zero-order valence-corrected chi connectivity index (χ0v) is 16.6. The first-order valence-electron chi connectivity index (χ1n) is 9.39. The zero-order valence-electron chi connectivity index (χ0n) is 15.8. The Hall–Kier alpha value is -1.44. The summed E-state index contributed by atoms with van der Waals surface area (Å²) in [5, 5.41) is 3.44. The fourth-order valence-electron chi connectivity index (χ4n) is 3.82. The third-order valence-corrected chi connectivity index (χ3v) is 7.86. The van der Waals surface area contributed by atoms with Crippen LogP contribution >= 0.6 is 0 Å². The van der Waals surface area contributed by atoms with Gasteiger partial charge in [-0.2, -0.15) is 4.31 Å². The molecular formula is C19H29N3O3S. The number of nitrogens with zero attached hydrogens (tertiary/aromatic N) is 2. The van der Waals surface area contributed by atoms with Crippen molar-refractivity contribution in [2.24, 2.45) is 11.8 Å². The Bertz CT molecular complexity index is 732. The van der Waals surface area contributed by atoms with Crippen molar-refractivity contribution in [2.45, 2.75) is 37.6 Å². The first-order chi connectivity index (χ1) is 12.3. The van der Waals surface area contributed by atoms with E-state index in [9.17, 15) is 13.2 Å². The van der Waals surface area contributed by atoms with E-state index in [0.717, 1.165) is 39.0 Å². The third kappa shape index (κ3) is 3.80. The van der Waals surface area contributed by atoms with Crippen LogP contribution in [-0.2, 0) is 10.0 Å². The van der Waals surface area contributed by atoms with Crippen LogP contribution in [0.5, 0.6) is 0 Å². The average molecular weight is 380 g/mol. The standard InChI is InChI=1S/C19H29N3O3S/c1-14(2)21(3)26(24,25)18-6-4-15(5-7-18)19(23)22-10-8-16-12-20-13-17(16)9-11-22/h4-7,14,16-17,20H,8-13H2,1-3H3/t16-,17+. The first-order valence-corrected chi connectivity index (χ1v) is 10.8. The summed E-state index contributed by atoms with van der Waals surface area (Å²) >= 11 is 0. The van der Waals surface area contributed by atoms with Gasteiger partial charge in [0.05, 0.1) is 4.90 Å². The predicted molar refractivity (Wildman–Crippen MR) is 102 cm³/mol. The van der Waals surface area contributed by atoms with Crippen molar-refractivity contribution in [2.75, 3.05) is 33.2 Å². The molecule has 1 aromatic rings. The van der Waals surface area contributed by atoms with Gasteiger partial charge in [-0.3, -0.25) is 4.79 Å². The van der Waals surface area contributed by atoms with Gasteiger partial charge in [-0.25, -0.2) is 8.42 Å². The first kappa shape index (κ1) is 19.3. The number of amides is 1. The molecular weight excluding hydrogens is 350 g/mol. The number of carbonyl (C=O) groups is 1. The molecule has 0 spiro atoms. The van der Waals surface area contributed by atoms with E-state index in [1.54, 1.807) is 19.2 Å². The van der Waals surface area contributed by atoms with E-state index in [2.05, 4.69) is 5.32 Å². The highest BCUT2D eigenvalue weighted by molar-refractivity contribution is 7.89. The number of hydrogen-bond donors (Lipinski definition) is 1. The minimum absolute atomic E-state index is 0.000838. The molecule has 0 aromatic heterocycles. The Kier molecular flexibility index (Phi) is 5.69.